The molecule has 31 heavy (non-hydrogen) atoms. The van der Waals surface area contributed by atoms with Gasteiger partial charge in [-0.05, 0) is 48.9 Å². The Morgan fingerprint density at radius 3 is 2.29 bits per heavy atom. The van der Waals surface area contributed by atoms with Gasteiger partial charge in [-0.1, -0.05) is 24.3 Å². The lowest BCUT2D eigenvalue weighted by atomic mass is 10.1. The van der Waals surface area contributed by atoms with E-state index in [0.717, 1.165) is 5.56 Å². The maximum atomic E-state index is 13.0. The highest BCUT2D eigenvalue weighted by Gasteiger charge is 2.23. The second kappa shape index (κ2) is 9.09. The summed E-state index contributed by atoms with van der Waals surface area (Å²) in [4.78, 5) is 13.1. The van der Waals surface area contributed by atoms with Gasteiger partial charge in [0, 0.05) is 18.7 Å². The molecule has 1 N–H and O–H groups in total. The highest BCUT2D eigenvalue weighted by Crippen LogP contribution is 2.30. The van der Waals surface area contributed by atoms with Crippen molar-refractivity contribution in [3.8, 4) is 11.5 Å². The number of amides is 1. The molecule has 0 heterocycles. The standard InChI is InChI=1S/C23H24N2O5S/c1-16-10-11-17(23(26)24-20-15-18(29-3)12-13-22(20)30-4)14-21(16)25(2)31(27,28)19-8-6-5-7-9-19/h5-15H,1-4H3,(H,24,26). The summed E-state index contributed by atoms with van der Waals surface area (Å²) in [5.74, 6) is 0.637. The molecule has 0 saturated heterocycles. The van der Waals surface area contributed by atoms with E-state index in [2.05, 4.69) is 5.32 Å². The summed E-state index contributed by atoms with van der Waals surface area (Å²) < 4.78 is 37.7. The number of ether oxygens (including phenoxy) is 2. The number of methoxy groups -OCH3 is 2. The average molecular weight is 441 g/mol. The molecule has 3 aromatic carbocycles. The van der Waals surface area contributed by atoms with Gasteiger partial charge in [0.25, 0.3) is 15.9 Å². The molecule has 0 saturated carbocycles. The maximum absolute atomic E-state index is 13.0. The van der Waals surface area contributed by atoms with Gasteiger partial charge in [-0.15, -0.1) is 0 Å². The first-order chi connectivity index (χ1) is 14.8. The summed E-state index contributed by atoms with van der Waals surface area (Å²) in [6, 6.07) is 18.1. The van der Waals surface area contributed by atoms with Crippen LogP contribution in [0.2, 0.25) is 0 Å². The Morgan fingerprint density at radius 1 is 0.935 bits per heavy atom. The molecule has 0 atom stereocenters. The molecule has 0 spiro atoms. The van der Waals surface area contributed by atoms with E-state index in [1.165, 1.54) is 37.7 Å². The molecular formula is C23H24N2O5S. The predicted molar refractivity (Wildman–Crippen MR) is 121 cm³/mol. The van der Waals surface area contributed by atoms with Crippen LogP contribution in [0.25, 0.3) is 0 Å². The third-order valence-corrected chi connectivity index (χ3v) is 6.65. The van der Waals surface area contributed by atoms with Gasteiger partial charge in [-0.3, -0.25) is 9.10 Å². The van der Waals surface area contributed by atoms with E-state index in [9.17, 15) is 13.2 Å². The molecule has 0 radical (unpaired) electrons. The first kappa shape index (κ1) is 22.2. The Labute approximate surface area is 182 Å². The van der Waals surface area contributed by atoms with Crippen molar-refractivity contribution in [2.75, 3.05) is 30.9 Å². The van der Waals surface area contributed by atoms with Crippen LogP contribution in [0.1, 0.15) is 15.9 Å². The normalized spacial score (nSPS) is 11.0. The van der Waals surface area contributed by atoms with Crippen molar-refractivity contribution < 1.29 is 22.7 Å². The molecule has 0 fully saturated rings. The minimum absolute atomic E-state index is 0.174. The topological polar surface area (TPSA) is 84.9 Å². The zero-order valence-corrected chi connectivity index (χ0v) is 18.6. The number of nitrogens with one attached hydrogen (secondary N) is 1. The van der Waals surface area contributed by atoms with Crippen LogP contribution in [0, 0.1) is 6.92 Å². The second-order valence-electron chi connectivity index (χ2n) is 6.81. The van der Waals surface area contributed by atoms with Crippen LogP contribution < -0.4 is 19.1 Å². The summed E-state index contributed by atoms with van der Waals surface area (Å²) in [5.41, 5.74) is 1.88. The third-order valence-electron chi connectivity index (χ3n) is 4.87. The van der Waals surface area contributed by atoms with E-state index in [1.807, 2.05) is 0 Å². The van der Waals surface area contributed by atoms with Crippen LogP contribution in [0.15, 0.2) is 71.6 Å². The monoisotopic (exact) mass is 440 g/mol. The van der Waals surface area contributed by atoms with Gasteiger partial charge in [0.2, 0.25) is 0 Å². The quantitative estimate of drug-likeness (QED) is 0.598. The van der Waals surface area contributed by atoms with Crippen molar-refractivity contribution in [2.45, 2.75) is 11.8 Å². The molecule has 3 rings (SSSR count). The molecule has 162 valence electrons. The van der Waals surface area contributed by atoms with Crippen LogP contribution in [-0.2, 0) is 10.0 Å². The van der Waals surface area contributed by atoms with Crippen molar-refractivity contribution >= 4 is 27.3 Å². The predicted octanol–water partition coefficient (Wildman–Crippen LogP) is 4.09. The number of rotatable bonds is 7. The lowest BCUT2D eigenvalue weighted by Gasteiger charge is -2.22. The third kappa shape index (κ3) is 4.64. The second-order valence-corrected chi connectivity index (χ2v) is 8.78. The van der Waals surface area contributed by atoms with E-state index >= 15 is 0 Å². The zero-order chi connectivity index (χ0) is 22.6. The van der Waals surface area contributed by atoms with Crippen LogP contribution in [0.3, 0.4) is 0 Å². The average Bonchev–Trinajstić information content (AvgIpc) is 2.79. The van der Waals surface area contributed by atoms with Gasteiger partial charge in [0.05, 0.1) is 30.5 Å². The Balaban J connectivity index is 1.93. The van der Waals surface area contributed by atoms with Crippen molar-refractivity contribution in [2.24, 2.45) is 0 Å². The van der Waals surface area contributed by atoms with Gasteiger partial charge < -0.3 is 14.8 Å². The van der Waals surface area contributed by atoms with E-state index in [0.29, 0.717) is 28.4 Å². The number of carbonyl (C=O) groups excluding carboxylic acids is 1. The highest BCUT2D eigenvalue weighted by molar-refractivity contribution is 7.92. The van der Waals surface area contributed by atoms with Gasteiger partial charge in [-0.25, -0.2) is 8.42 Å². The molecule has 7 nitrogen and oxygen atoms in total. The van der Waals surface area contributed by atoms with E-state index in [-0.39, 0.29) is 4.90 Å². The van der Waals surface area contributed by atoms with E-state index in [1.54, 1.807) is 61.5 Å². The molecule has 1 amide bonds. The Bertz CT molecular complexity index is 1190. The number of carbonyl (C=O) groups is 1. The number of anilines is 2. The van der Waals surface area contributed by atoms with E-state index in [4.69, 9.17) is 9.47 Å². The molecule has 0 aromatic heterocycles. The van der Waals surface area contributed by atoms with Crippen LogP contribution >= 0.6 is 0 Å². The summed E-state index contributed by atoms with van der Waals surface area (Å²) >= 11 is 0. The summed E-state index contributed by atoms with van der Waals surface area (Å²) in [7, 11) is 0.734. The summed E-state index contributed by atoms with van der Waals surface area (Å²) in [6.45, 7) is 1.79. The number of sulfonamides is 1. The summed E-state index contributed by atoms with van der Waals surface area (Å²) in [5, 5.41) is 2.80. The fraction of sp³-hybridized carbons (Fsp3) is 0.174. The molecule has 3 aromatic rings. The molecule has 0 bridgehead atoms. The number of hydrogen-bond acceptors (Lipinski definition) is 5. The van der Waals surface area contributed by atoms with Gasteiger partial charge in [-0.2, -0.15) is 0 Å². The minimum atomic E-state index is -3.77. The largest absolute Gasteiger partial charge is 0.497 e. The Kier molecular flexibility index (Phi) is 6.50. The number of benzene rings is 3. The van der Waals surface area contributed by atoms with Crippen LogP contribution in [0.4, 0.5) is 11.4 Å². The lowest BCUT2D eigenvalue weighted by Crippen LogP contribution is -2.27. The lowest BCUT2D eigenvalue weighted by molar-refractivity contribution is 0.102. The molecular weight excluding hydrogens is 416 g/mol. The van der Waals surface area contributed by atoms with Gasteiger partial charge in [0.15, 0.2) is 0 Å². The van der Waals surface area contributed by atoms with Crippen molar-refractivity contribution in [1.82, 2.24) is 0 Å². The van der Waals surface area contributed by atoms with Crippen LogP contribution in [-0.4, -0.2) is 35.6 Å². The van der Waals surface area contributed by atoms with Crippen molar-refractivity contribution in [3.63, 3.8) is 0 Å². The van der Waals surface area contributed by atoms with Crippen molar-refractivity contribution in [3.05, 3.63) is 77.9 Å². The van der Waals surface area contributed by atoms with Gasteiger partial charge >= 0.3 is 0 Å². The number of hydrogen-bond donors (Lipinski definition) is 1. The highest BCUT2D eigenvalue weighted by atomic mass is 32.2. The number of nitrogens with zero attached hydrogens (tertiary/aromatic N) is 1. The zero-order valence-electron chi connectivity index (χ0n) is 17.7. The fourth-order valence-corrected chi connectivity index (χ4v) is 4.35. The molecule has 0 aliphatic carbocycles. The van der Waals surface area contributed by atoms with Gasteiger partial charge in [0.1, 0.15) is 11.5 Å². The first-order valence-corrected chi connectivity index (χ1v) is 10.9. The minimum Gasteiger partial charge on any atom is -0.497 e. The van der Waals surface area contributed by atoms with E-state index < -0.39 is 15.9 Å². The first-order valence-electron chi connectivity index (χ1n) is 9.46. The SMILES string of the molecule is COc1ccc(OC)c(NC(=O)c2ccc(C)c(N(C)S(=O)(=O)c3ccccc3)c2)c1. The smallest absolute Gasteiger partial charge is 0.264 e. The molecule has 0 aliphatic heterocycles. The number of aryl methyl sites for hydroxylation is 1. The molecule has 0 unspecified atom stereocenters. The Morgan fingerprint density at radius 2 is 1.65 bits per heavy atom. The molecule has 0 aliphatic rings. The maximum Gasteiger partial charge on any atom is 0.264 e. The summed E-state index contributed by atoms with van der Waals surface area (Å²) in [6.07, 6.45) is 0. The molecule has 8 heteroatoms. The van der Waals surface area contributed by atoms with Crippen molar-refractivity contribution in [1.29, 1.82) is 0 Å². The Hall–Kier alpha value is -3.52. The fourth-order valence-electron chi connectivity index (χ4n) is 3.08. The van der Waals surface area contributed by atoms with Crippen LogP contribution in [0.5, 0.6) is 11.5 Å².